The number of para-hydroxylation sites is 3. The fraction of sp³-hybridized carbons (Fsp3) is 0.304. The highest BCUT2D eigenvalue weighted by Gasteiger charge is 2.27. The molecule has 2 aromatic carbocycles. The summed E-state index contributed by atoms with van der Waals surface area (Å²) in [5.41, 5.74) is 1.82. The molecule has 0 saturated heterocycles. The Kier molecular flexibility index (Phi) is 6.57. The smallest absolute Gasteiger partial charge is 0.262 e. The van der Waals surface area contributed by atoms with Gasteiger partial charge in [0.1, 0.15) is 6.54 Å². The molecule has 1 aromatic heterocycles. The lowest BCUT2D eigenvalue weighted by molar-refractivity contribution is -0.858. The molecule has 0 saturated carbocycles. The number of fused-ring (bicyclic) bond motifs is 2. The number of rotatable bonds is 7. The molecule has 0 spiro atoms. The third kappa shape index (κ3) is 4.68. The number of aromatic nitrogens is 2. The van der Waals surface area contributed by atoms with Gasteiger partial charge >= 0.3 is 0 Å². The van der Waals surface area contributed by atoms with Crippen LogP contribution in [-0.4, -0.2) is 54.3 Å². The van der Waals surface area contributed by atoms with Gasteiger partial charge < -0.3 is 15.1 Å². The number of hydrogen-bond acceptors (Lipinski definition) is 5. The lowest BCUT2D eigenvalue weighted by Gasteiger charge is -2.29. The minimum atomic E-state index is -0.228. The molecule has 166 valence electrons. The lowest BCUT2D eigenvalue weighted by Crippen LogP contribution is -3.05. The molecule has 2 N–H and O–H groups in total. The number of carbonyl (C=O) groups is 2. The van der Waals surface area contributed by atoms with E-state index in [9.17, 15) is 14.4 Å². The monoisotopic (exact) mass is 452 g/mol. The average Bonchev–Trinajstić information content (AvgIpc) is 2.78. The minimum absolute atomic E-state index is 0.0278. The lowest BCUT2D eigenvalue weighted by atomic mass is 10.2. The van der Waals surface area contributed by atoms with Crippen molar-refractivity contribution in [3.63, 3.8) is 0 Å². The highest BCUT2D eigenvalue weighted by Crippen LogP contribution is 2.30. The van der Waals surface area contributed by atoms with Crippen molar-refractivity contribution in [1.82, 2.24) is 9.55 Å². The normalized spacial score (nSPS) is 13.3. The van der Waals surface area contributed by atoms with Gasteiger partial charge in [-0.25, -0.2) is 4.98 Å². The topological polar surface area (TPSA) is 88.7 Å². The van der Waals surface area contributed by atoms with Gasteiger partial charge in [0.25, 0.3) is 5.56 Å². The van der Waals surface area contributed by atoms with Crippen LogP contribution in [0.25, 0.3) is 10.9 Å². The predicted octanol–water partition coefficient (Wildman–Crippen LogP) is 1.01. The zero-order valence-corrected chi connectivity index (χ0v) is 18.9. The van der Waals surface area contributed by atoms with E-state index in [2.05, 4.69) is 24.4 Å². The minimum Gasteiger partial charge on any atom is -0.340 e. The van der Waals surface area contributed by atoms with Gasteiger partial charge in [0.15, 0.2) is 5.16 Å². The summed E-state index contributed by atoms with van der Waals surface area (Å²) in [5.74, 6) is -0.358. The third-order valence-corrected chi connectivity index (χ3v) is 6.24. The maximum atomic E-state index is 13.1. The molecule has 8 nitrogen and oxygen atoms in total. The van der Waals surface area contributed by atoms with Crippen LogP contribution in [0.1, 0.15) is 6.42 Å². The Labute approximate surface area is 190 Å². The van der Waals surface area contributed by atoms with Crippen molar-refractivity contribution >= 4 is 45.9 Å². The van der Waals surface area contributed by atoms with E-state index in [-0.39, 0.29) is 29.7 Å². The Morgan fingerprint density at radius 1 is 1.12 bits per heavy atom. The maximum Gasteiger partial charge on any atom is 0.262 e. The number of amides is 2. The van der Waals surface area contributed by atoms with Crippen molar-refractivity contribution < 1.29 is 14.5 Å². The second-order valence-corrected chi connectivity index (χ2v) is 8.96. The molecule has 2 heterocycles. The molecule has 9 heteroatoms. The summed E-state index contributed by atoms with van der Waals surface area (Å²) in [5, 5.41) is 3.88. The van der Waals surface area contributed by atoms with Gasteiger partial charge in [0.2, 0.25) is 11.8 Å². The Hall–Kier alpha value is -3.17. The molecule has 0 aliphatic carbocycles. The van der Waals surface area contributed by atoms with Crippen LogP contribution in [0.5, 0.6) is 0 Å². The Balaban J connectivity index is 1.59. The summed E-state index contributed by atoms with van der Waals surface area (Å²) in [6.45, 7) is 1.43. The van der Waals surface area contributed by atoms with Gasteiger partial charge in [0.05, 0.1) is 48.7 Å². The van der Waals surface area contributed by atoms with Gasteiger partial charge in [-0.05, 0) is 24.3 Å². The number of hydrogen-bond donors (Lipinski definition) is 2. The van der Waals surface area contributed by atoms with Crippen molar-refractivity contribution in [3.05, 3.63) is 58.9 Å². The van der Waals surface area contributed by atoms with E-state index in [4.69, 9.17) is 0 Å². The van der Waals surface area contributed by atoms with Crippen LogP contribution in [0, 0.1) is 0 Å². The van der Waals surface area contributed by atoms with Crippen LogP contribution < -0.4 is 20.7 Å². The van der Waals surface area contributed by atoms with E-state index in [0.717, 1.165) is 13.0 Å². The molecule has 0 atom stereocenters. The predicted molar refractivity (Wildman–Crippen MR) is 126 cm³/mol. The largest absolute Gasteiger partial charge is 0.340 e. The fourth-order valence-corrected chi connectivity index (χ4v) is 4.61. The van der Waals surface area contributed by atoms with E-state index in [0.29, 0.717) is 34.0 Å². The van der Waals surface area contributed by atoms with Crippen molar-refractivity contribution in [1.29, 1.82) is 0 Å². The summed E-state index contributed by atoms with van der Waals surface area (Å²) >= 11 is 1.23. The molecule has 4 rings (SSSR count). The SMILES string of the molecule is C[NH+](C)CCCn1c(SCC(=O)N2CC(=O)Nc3ccccc32)nc2ccccc2c1=O. The first-order valence-corrected chi connectivity index (χ1v) is 11.5. The molecule has 2 amide bonds. The first-order chi connectivity index (χ1) is 15.4. The van der Waals surface area contributed by atoms with Gasteiger partial charge in [-0.15, -0.1) is 0 Å². The van der Waals surface area contributed by atoms with E-state index in [1.54, 1.807) is 16.7 Å². The Morgan fingerprint density at radius 3 is 2.69 bits per heavy atom. The third-order valence-electron chi connectivity index (χ3n) is 5.28. The number of carbonyl (C=O) groups excluding carboxylic acids is 2. The van der Waals surface area contributed by atoms with Gasteiger partial charge in [-0.1, -0.05) is 36.0 Å². The second kappa shape index (κ2) is 9.54. The first-order valence-electron chi connectivity index (χ1n) is 10.5. The zero-order chi connectivity index (χ0) is 22.7. The summed E-state index contributed by atoms with van der Waals surface area (Å²) in [6, 6.07) is 14.5. The summed E-state index contributed by atoms with van der Waals surface area (Å²) in [6.07, 6.45) is 0.823. The number of benzene rings is 2. The highest BCUT2D eigenvalue weighted by atomic mass is 32.2. The maximum absolute atomic E-state index is 13.1. The van der Waals surface area contributed by atoms with E-state index >= 15 is 0 Å². The highest BCUT2D eigenvalue weighted by molar-refractivity contribution is 7.99. The molecule has 0 bridgehead atoms. The average molecular weight is 453 g/mol. The number of nitrogens with one attached hydrogen (secondary N) is 2. The van der Waals surface area contributed by atoms with Gasteiger partial charge in [0, 0.05) is 13.0 Å². The Morgan fingerprint density at radius 2 is 1.88 bits per heavy atom. The Bertz CT molecular complexity index is 1220. The molecule has 1 aliphatic rings. The van der Waals surface area contributed by atoms with Crippen LogP contribution in [-0.2, 0) is 16.1 Å². The fourth-order valence-electron chi connectivity index (χ4n) is 3.71. The molecule has 3 aromatic rings. The molecule has 0 unspecified atom stereocenters. The van der Waals surface area contributed by atoms with Crippen LogP contribution in [0.15, 0.2) is 58.5 Å². The van der Waals surface area contributed by atoms with Crippen LogP contribution in [0.4, 0.5) is 11.4 Å². The van der Waals surface area contributed by atoms with Crippen LogP contribution in [0.2, 0.25) is 0 Å². The first kappa shape index (κ1) is 22.0. The van der Waals surface area contributed by atoms with Gasteiger partial charge in [-0.3, -0.25) is 19.0 Å². The zero-order valence-electron chi connectivity index (χ0n) is 18.1. The number of quaternary nitrogens is 1. The molecule has 0 fully saturated rings. The van der Waals surface area contributed by atoms with Gasteiger partial charge in [-0.2, -0.15) is 0 Å². The van der Waals surface area contributed by atoms with E-state index in [1.165, 1.54) is 21.6 Å². The summed E-state index contributed by atoms with van der Waals surface area (Å²) in [7, 11) is 4.14. The molecule has 0 radical (unpaired) electrons. The number of anilines is 2. The summed E-state index contributed by atoms with van der Waals surface area (Å²) < 4.78 is 1.67. The quantitative estimate of drug-likeness (QED) is 0.413. The summed E-state index contributed by atoms with van der Waals surface area (Å²) in [4.78, 5) is 45.7. The van der Waals surface area contributed by atoms with Crippen molar-refractivity contribution in [2.45, 2.75) is 18.1 Å². The second-order valence-electron chi connectivity index (χ2n) is 8.01. The molecule has 1 aliphatic heterocycles. The van der Waals surface area contributed by atoms with E-state index < -0.39 is 0 Å². The number of nitrogens with zero attached hydrogens (tertiary/aromatic N) is 3. The molecular weight excluding hydrogens is 426 g/mol. The van der Waals surface area contributed by atoms with Crippen LogP contribution in [0.3, 0.4) is 0 Å². The van der Waals surface area contributed by atoms with Crippen molar-refractivity contribution in [2.75, 3.05) is 43.2 Å². The molecule has 32 heavy (non-hydrogen) atoms. The van der Waals surface area contributed by atoms with Crippen LogP contribution >= 0.6 is 11.8 Å². The van der Waals surface area contributed by atoms with Crippen molar-refractivity contribution in [2.24, 2.45) is 0 Å². The van der Waals surface area contributed by atoms with E-state index in [1.807, 2.05) is 36.4 Å². The number of thioether (sulfide) groups is 1. The molecular formula is C23H26N5O3S+. The standard InChI is InChI=1S/C23H25N5O3S/c1-26(2)12-7-13-27-22(31)16-8-3-4-9-17(16)25-23(27)32-15-21(30)28-14-20(29)24-18-10-5-6-11-19(18)28/h3-6,8-11H,7,12-15H2,1-2H3,(H,24,29)/p+1. The van der Waals surface area contributed by atoms with Crippen molar-refractivity contribution in [3.8, 4) is 0 Å².